The third-order valence-corrected chi connectivity index (χ3v) is 5.12. The third kappa shape index (κ3) is 4.33. The highest BCUT2D eigenvalue weighted by Gasteiger charge is 2.23. The molecule has 164 valence electrons. The van der Waals surface area contributed by atoms with Crippen LogP contribution >= 0.6 is 0 Å². The molecule has 0 aliphatic rings. The Morgan fingerprint density at radius 1 is 1.03 bits per heavy atom. The number of nitrogens with one attached hydrogen (secondary N) is 1. The van der Waals surface area contributed by atoms with Gasteiger partial charge < -0.3 is 19.5 Å². The average molecular weight is 427 g/mol. The summed E-state index contributed by atoms with van der Waals surface area (Å²) in [7, 11) is 4.62. The van der Waals surface area contributed by atoms with Gasteiger partial charge in [-0.3, -0.25) is 4.79 Å². The number of carbonyl (C=O) groups excluding carboxylic acids is 1. The topological polar surface area (TPSA) is 74.6 Å². The average Bonchev–Trinajstić information content (AvgIpc) is 3.06. The van der Waals surface area contributed by atoms with E-state index >= 15 is 0 Å². The van der Waals surface area contributed by atoms with E-state index in [1.54, 1.807) is 50.1 Å². The first-order valence-electron chi connectivity index (χ1n) is 9.73. The molecule has 31 heavy (non-hydrogen) atoms. The molecule has 1 amide bonds. The van der Waals surface area contributed by atoms with Gasteiger partial charge in [-0.1, -0.05) is 0 Å². The molecule has 3 aromatic rings. The van der Waals surface area contributed by atoms with Crippen LogP contribution in [0.5, 0.6) is 17.2 Å². The number of methoxy groups -OCH3 is 3. The first-order valence-corrected chi connectivity index (χ1v) is 9.73. The minimum Gasteiger partial charge on any atom is -0.493 e. The first-order chi connectivity index (χ1) is 14.8. The molecule has 2 aromatic carbocycles. The van der Waals surface area contributed by atoms with Crippen LogP contribution in [0.3, 0.4) is 0 Å². The van der Waals surface area contributed by atoms with Gasteiger partial charge in [0, 0.05) is 0 Å². The van der Waals surface area contributed by atoms with Gasteiger partial charge in [0.25, 0.3) is 5.91 Å². The molecular formula is C23H26FN3O4. The van der Waals surface area contributed by atoms with Crippen molar-refractivity contribution in [1.29, 1.82) is 0 Å². The molecule has 8 heteroatoms. The van der Waals surface area contributed by atoms with Crippen LogP contribution in [0, 0.1) is 19.7 Å². The second-order valence-corrected chi connectivity index (χ2v) is 7.09. The van der Waals surface area contributed by atoms with Crippen molar-refractivity contribution >= 4 is 5.91 Å². The van der Waals surface area contributed by atoms with Gasteiger partial charge in [-0.2, -0.15) is 5.10 Å². The summed E-state index contributed by atoms with van der Waals surface area (Å²) >= 11 is 0. The lowest BCUT2D eigenvalue weighted by Crippen LogP contribution is -2.27. The summed E-state index contributed by atoms with van der Waals surface area (Å²) < 4.78 is 31.0. The molecule has 0 spiro atoms. The van der Waals surface area contributed by atoms with E-state index in [2.05, 4.69) is 10.4 Å². The number of halogens is 1. The van der Waals surface area contributed by atoms with Crippen molar-refractivity contribution < 1.29 is 23.4 Å². The lowest BCUT2D eigenvalue weighted by Gasteiger charge is -2.19. The Labute approximate surface area is 180 Å². The minimum absolute atomic E-state index is 0.260. The number of aromatic nitrogens is 2. The van der Waals surface area contributed by atoms with E-state index in [0.717, 1.165) is 5.56 Å². The van der Waals surface area contributed by atoms with E-state index in [9.17, 15) is 9.18 Å². The number of rotatable bonds is 7. The zero-order valence-corrected chi connectivity index (χ0v) is 18.4. The molecule has 0 fully saturated rings. The predicted molar refractivity (Wildman–Crippen MR) is 115 cm³/mol. The fourth-order valence-corrected chi connectivity index (χ4v) is 3.51. The number of hydrogen-bond acceptors (Lipinski definition) is 5. The summed E-state index contributed by atoms with van der Waals surface area (Å²) in [6, 6.07) is 9.22. The summed E-state index contributed by atoms with van der Waals surface area (Å²) in [5.41, 5.74) is 3.20. The summed E-state index contributed by atoms with van der Waals surface area (Å²) in [5.74, 6) is 0.912. The minimum atomic E-state index is -0.339. The molecule has 1 aromatic heterocycles. The van der Waals surface area contributed by atoms with E-state index in [0.29, 0.717) is 39.9 Å². The Morgan fingerprint density at radius 2 is 1.61 bits per heavy atom. The first kappa shape index (κ1) is 22.1. The molecule has 7 nitrogen and oxygen atoms in total. The summed E-state index contributed by atoms with van der Waals surface area (Å²) in [5, 5.41) is 7.47. The van der Waals surface area contributed by atoms with Crippen LogP contribution in [0.4, 0.5) is 4.39 Å². The Kier molecular flexibility index (Phi) is 6.48. The zero-order valence-electron chi connectivity index (χ0n) is 18.4. The summed E-state index contributed by atoms with van der Waals surface area (Å²) in [6.45, 7) is 5.45. The van der Waals surface area contributed by atoms with Crippen LogP contribution in [0.1, 0.15) is 40.3 Å². The summed E-state index contributed by atoms with van der Waals surface area (Å²) in [6.07, 6.45) is 0. The number of carbonyl (C=O) groups is 1. The van der Waals surface area contributed by atoms with Gasteiger partial charge in [0.05, 0.1) is 50.0 Å². The number of amides is 1. The molecule has 0 aliphatic heterocycles. The lowest BCUT2D eigenvalue weighted by molar-refractivity contribution is 0.0938. The maximum Gasteiger partial charge on any atom is 0.255 e. The molecule has 0 saturated heterocycles. The maximum atomic E-state index is 13.3. The standard InChI is InChI=1S/C23H26FN3O4/c1-13(16-11-19(29-4)22(31-6)20(12-16)30-5)25-23(28)21-14(2)26-27(15(21)3)18-9-7-17(24)8-10-18/h7-13H,1-6H3,(H,25,28). The molecule has 1 heterocycles. The van der Waals surface area contributed by atoms with Crippen molar-refractivity contribution in [2.45, 2.75) is 26.8 Å². The monoisotopic (exact) mass is 427 g/mol. The highest BCUT2D eigenvalue weighted by atomic mass is 19.1. The van der Waals surface area contributed by atoms with Gasteiger partial charge in [-0.05, 0) is 62.7 Å². The van der Waals surface area contributed by atoms with Crippen molar-refractivity contribution in [2.24, 2.45) is 0 Å². The largest absolute Gasteiger partial charge is 0.493 e. The second kappa shape index (κ2) is 9.07. The molecule has 0 aliphatic carbocycles. The van der Waals surface area contributed by atoms with Crippen LogP contribution in [0.15, 0.2) is 36.4 Å². The van der Waals surface area contributed by atoms with E-state index in [1.165, 1.54) is 19.2 Å². The normalized spacial score (nSPS) is 11.7. The quantitative estimate of drug-likeness (QED) is 0.613. The lowest BCUT2D eigenvalue weighted by atomic mass is 10.1. The van der Waals surface area contributed by atoms with Crippen molar-refractivity contribution in [1.82, 2.24) is 15.1 Å². The predicted octanol–water partition coefficient (Wildman–Crippen LogP) is 4.15. The van der Waals surface area contributed by atoms with Crippen LogP contribution in [-0.2, 0) is 0 Å². The van der Waals surface area contributed by atoms with E-state index in [4.69, 9.17) is 14.2 Å². The molecule has 0 bridgehead atoms. The smallest absolute Gasteiger partial charge is 0.255 e. The maximum absolute atomic E-state index is 13.3. The Morgan fingerprint density at radius 3 is 2.13 bits per heavy atom. The zero-order chi connectivity index (χ0) is 22.7. The Balaban J connectivity index is 1.89. The summed E-state index contributed by atoms with van der Waals surface area (Å²) in [4.78, 5) is 13.1. The number of hydrogen-bond donors (Lipinski definition) is 1. The van der Waals surface area contributed by atoms with Gasteiger partial charge >= 0.3 is 0 Å². The van der Waals surface area contributed by atoms with Gasteiger partial charge in [0.2, 0.25) is 5.75 Å². The molecule has 0 saturated carbocycles. The third-order valence-electron chi connectivity index (χ3n) is 5.12. The van der Waals surface area contributed by atoms with E-state index in [-0.39, 0.29) is 17.8 Å². The second-order valence-electron chi connectivity index (χ2n) is 7.09. The van der Waals surface area contributed by atoms with Crippen LogP contribution in [-0.4, -0.2) is 37.0 Å². The van der Waals surface area contributed by atoms with Crippen LogP contribution in [0.25, 0.3) is 5.69 Å². The highest BCUT2D eigenvalue weighted by Crippen LogP contribution is 2.39. The van der Waals surface area contributed by atoms with E-state index < -0.39 is 0 Å². The molecule has 3 rings (SSSR count). The Hall–Kier alpha value is -3.55. The molecule has 1 atom stereocenters. The van der Waals surface area contributed by atoms with Crippen molar-refractivity contribution in [3.8, 4) is 22.9 Å². The molecular weight excluding hydrogens is 401 g/mol. The molecule has 0 radical (unpaired) electrons. The van der Waals surface area contributed by atoms with Gasteiger partial charge in [-0.25, -0.2) is 9.07 Å². The highest BCUT2D eigenvalue weighted by molar-refractivity contribution is 5.96. The fraction of sp³-hybridized carbons (Fsp3) is 0.304. The number of nitrogens with zero attached hydrogens (tertiary/aromatic N) is 2. The van der Waals surface area contributed by atoms with Gasteiger partial charge in [0.15, 0.2) is 11.5 Å². The van der Waals surface area contributed by atoms with Crippen LogP contribution < -0.4 is 19.5 Å². The number of ether oxygens (including phenoxy) is 3. The fourth-order valence-electron chi connectivity index (χ4n) is 3.51. The van der Waals surface area contributed by atoms with Crippen LogP contribution in [0.2, 0.25) is 0 Å². The number of benzene rings is 2. The SMILES string of the molecule is COc1cc(C(C)NC(=O)c2c(C)nn(-c3ccc(F)cc3)c2C)cc(OC)c1OC. The van der Waals surface area contributed by atoms with Gasteiger partial charge in [0.1, 0.15) is 5.82 Å². The van der Waals surface area contributed by atoms with Crippen molar-refractivity contribution in [3.05, 3.63) is 64.7 Å². The van der Waals surface area contributed by atoms with Gasteiger partial charge in [-0.15, -0.1) is 0 Å². The Bertz CT molecular complexity index is 1070. The van der Waals surface area contributed by atoms with Crippen molar-refractivity contribution in [3.63, 3.8) is 0 Å². The molecule has 1 N–H and O–H groups in total. The van der Waals surface area contributed by atoms with Crippen molar-refractivity contribution in [2.75, 3.05) is 21.3 Å². The molecule has 1 unspecified atom stereocenters. The van der Waals surface area contributed by atoms with E-state index in [1.807, 2.05) is 13.8 Å². The number of aryl methyl sites for hydroxylation is 1.